The van der Waals surface area contributed by atoms with E-state index >= 15 is 0 Å². The van der Waals surface area contributed by atoms with E-state index in [-0.39, 0.29) is 17.7 Å². The second-order valence-corrected chi connectivity index (χ2v) is 5.38. The van der Waals surface area contributed by atoms with Crippen LogP contribution in [0.25, 0.3) is 0 Å². The molecule has 0 saturated carbocycles. The molecule has 1 aromatic rings. The van der Waals surface area contributed by atoms with Gasteiger partial charge in [0.25, 0.3) is 0 Å². The molecule has 17 heavy (non-hydrogen) atoms. The van der Waals surface area contributed by atoms with Gasteiger partial charge in [-0.1, -0.05) is 18.2 Å². The Morgan fingerprint density at radius 3 is 2.65 bits per heavy atom. The Bertz CT molecular complexity index is 384. The third-order valence-corrected chi connectivity index (χ3v) is 2.84. The fourth-order valence-corrected chi connectivity index (χ4v) is 2.23. The molecular weight excluding hydrogens is 214 g/mol. The summed E-state index contributed by atoms with van der Waals surface area (Å²) in [5.41, 5.74) is 1.02. The number of hydrogen-bond acceptors (Lipinski definition) is 3. The van der Waals surface area contributed by atoms with Gasteiger partial charge >= 0.3 is 0 Å². The first kappa shape index (κ1) is 12.4. The van der Waals surface area contributed by atoms with Gasteiger partial charge in [-0.25, -0.2) is 0 Å². The summed E-state index contributed by atoms with van der Waals surface area (Å²) in [4.78, 5) is 0. The molecule has 0 radical (unpaired) electrons. The number of benzene rings is 1. The van der Waals surface area contributed by atoms with Crippen molar-refractivity contribution in [2.45, 2.75) is 38.5 Å². The lowest BCUT2D eigenvalue weighted by atomic mass is 9.97. The predicted octanol–water partition coefficient (Wildman–Crippen LogP) is 2.52. The number of nitrogens with one attached hydrogen (secondary N) is 1. The van der Waals surface area contributed by atoms with Gasteiger partial charge < -0.3 is 14.8 Å². The molecule has 0 fully saturated rings. The molecule has 2 rings (SSSR count). The van der Waals surface area contributed by atoms with Crippen LogP contribution in [0.15, 0.2) is 24.3 Å². The zero-order valence-corrected chi connectivity index (χ0v) is 11.0. The minimum Gasteiger partial charge on any atom is -0.490 e. The fourth-order valence-electron chi connectivity index (χ4n) is 2.23. The van der Waals surface area contributed by atoms with Gasteiger partial charge in [0.1, 0.15) is 18.5 Å². The van der Waals surface area contributed by atoms with Gasteiger partial charge in [-0.15, -0.1) is 0 Å². The van der Waals surface area contributed by atoms with E-state index in [2.05, 4.69) is 32.2 Å². The normalized spacial score (nSPS) is 24.0. The van der Waals surface area contributed by atoms with Gasteiger partial charge in [-0.05, 0) is 33.9 Å². The lowest BCUT2D eigenvalue weighted by Gasteiger charge is -2.37. The van der Waals surface area contributed by atoms with Crippen molar-refractivity contribution in [2.75, 3.05) is 13.7 Å². The molecule has 0 spiro atoms. The molecule has 1 aliphatic heterocycles. The monoisotopic (exact) mass is 235 g/mol. The molecular formula is C14H21NO2. The quantitative estimate of drug-likeness (QED) is 0.854. The van der Waals surface area contributed by atoms with Crippen LogP contribution in [0.2, 0.25) is 0 Å². The van der Waals surface area contributed by atoms with Crippen LogP contribution >= 0.6 is 0 Å². The molecule has 0 saturated heterocycles. The molecule has 1 aromatic carbocycles. The van der Waals surface area contributed by atoms with Crippen molar-refractivity contribution in [2.24, 2.45) is 0 Å². The van der Waals surface area contributed by atoms with E-state index in [1.165, 1.54) is 5.56 Å². The minimum absolute atomic E-state index is 0.0508. The van der Waals surface area contributed by atoms with Gasteiger partial charge in [0.2, 0.25) is 0 Å². The molecule has 1 aliphatic rings. The highest BCUT2D eigenvalue weighted by Gasteiger charge is 2.33. The van der Waals surface area contributed by atoms with E-state index in [9.17, 15) is 0 Å². The highest BCUT2D eigenvalue weighted by molar-refractivity contribution is 5.38. The van der Waals surface area contributed by atoms with Gasteiger partial charge in [0.15, 0.2) is 0 Å². The van der Waals surface area contributed by atoms with Crippen molar-refractivity contribution in [3.8, 4) is 5.75 Å². The Labute approximate surface area is 103 Å². The molecule has 1 N–H and O–H groups in total. The number of likely N-dealkylation sites (N-methyl/N-ethyl adjacent to an activating group) is 1. The number of fused-ring (bicyclic) bond motifs is 1. The second kappa shape index (κ2) is 4.67. The van der Waals surface area contributed by atoms with Crippen LogP contribution in [0.4, 0.5) is 0 Å². The molecule has 0 amide bonds. The fraction of sp³-hybridized carbons (Fsp3) is 0.571. The number of hydrogen-bond donors (Lipinski definition) is 1. The SMILES string of the molecule is CNC1c2ccccc2OCC1OC(C)(C)C. The Morgan fingerprint density at radius 2 is 2.00 bits per heavy atom. The molecule has 3 nitrogen and oxygen atoms in total. The number of para-hydroxylation sites is 1. The van der Waals surface area contributed by atoms with Crippen LogP contribution in [-0.4, -0.2) is 25.4 Å². The average molecular weight is 235 g/mol. The maximum absolute atomic E-state index is 6.05. The minimum atomic E-state index is -0.157. The summed E-state index contributed by atoms with van der Waals surface area (Å²) in [6.45, 7) is 6.81. The zero-order valence-electron chi connectivity index (χ0n) is 11.0. The van der Waals surface area contributed by atoms with Crippen molar-refractivity contribution < 1.29 is 9.47 Å². The zero-order chi connectivity index (χ0) is 12.5. The van der Waals surface area contributed by atoms with Crippen molar-refractivity contribution in [1.82, 2.24) is 5.32 Å². The first-order valence-electron chi connectivity index (χ1n) is 6.08. The van der Waals surface area contributed by atoms with E-state index in [4.69, 9.17) is 9.47 Å². The third-order valence-electron chi connectivity index (χ3n) is 2.84. The van der Waals surface area contributed by atoms with Crippen molar-refractivity contribution in [1.29, 1.82) is 0 Å². The van der Waals surface area contributed by atoms with E-state index in [1.54, 1.807) is 0 Å². The lowest BCUT2D eigenvalue weighted by Crippen LogP contribution is -2.43. The molecule has 1 heterocycles. The van der Waals surface area contributed by atoms with E-state index < -0.39 is 0 Å². The molecule has 94 valence electrons. The lowest BCUT2D eigenvalue weighted by molar-refractivity contribution is -0.0970. The maximum atomic E-state index is 6.05. The summed E-state index contributed by atoms with van der Waals surface area (Å²) in [6, 6.07) is 8.32. The topological polar surface area (TPSA) is 30.5 Å². The van der Waals surface area contributed by atoms with Crippen molar-refractivity contribution in [3.05, 3.63) is 29.8 Å². The van der Waals surface area contributed by atoms with Crippen LogP contribution < -0.4 is 10.1 Å². The molecule has 2 atom stereocenters. The molecule has 0 aromatic heterocycles. The van der Waals surface area contributed by atoms with Crippen molar-refractivity contribution >= 4 is 0 Å². The average Bonchev–Trinajstić information content (AvgIpc) is 2.27. The summed E-state index contributed by atoms with van der Waals surface area (Å²) < 4.78 is 11.8. The van der Waals surface area contributed by atoms with Crippen molar-refractivity contribution in [3.63, 3.8) is 0 Å². The van der Waals surface area contributed by atoms with Gasteiger partial charge in [-0.2, -0.15) is 0 Å². The molecule has 0 aliphatic carbocycles. The summed E-state index contributed by atoms with van der Waals surface area (Å²) in [5, 5.41) is 3.33. The molecule has 3 heteroatoms. The third kappa shape index (κ3) is 2.79. The highest BCUT2D eigenvalue weighted by Crippen LogP contribution is 2.34. The molecule has 0 bridgehead atoms. The van der Waals surface area contributed by atoms with Gasteiger partial charge in [0, 0.05) is 5.56 Å². The number of rotatable bonds is 2. The Morgan fingerprint density at radius 1 is 1.29 bits per heavy atom. The van der Waals surface area contributed by atoms with Crippen LogP contribution in [0.5, 0.6) is 5.75 Å². The van der Waals surface area contributed by atoms with Crippen LogP contribution in [0.1, 0.15) is 32.4 Å². The largest absolute Gasteiger partial charge is 0.490 e. The summed E-state index contributed by atoms with van der Waals surface area (Å²) in [7, 11) is 1.96. The van der Waals surface area contributed by atoms with E-state index in [1.807, 2.05) is 25.2 Å². The van der Waals surface area contributed by atoms with Crippen LogP contribution in [0, 0.1) is 0 Å². The smallest absolute Gasteiger partial charge is 0.124 e. The van der Waals surface area contributed by atoms with E-state index in [0.29, 0.717) is 6.61 Å². The van der Waals surface area contributed by atoms with E-state index in [0.717, 1.165) is 5.75 Å². The predicted molar refractivity (Wildman–Crippen MR) is 68.4 cm³/mol. The van der Waals surface area contributed by atoms with Gasteiger partial charge in [-0.3, -0.25) is 0 Å². The first-order chi connectivity index (χ1) is 8.01. The summed E-state index contributed by atoms with van der Waals surface area (Å²) in [5.74, 6) is 0.959. The number of ether oxygens (including phenoxy) is 2. The Balaban J connectivity index is 2.23. The highest BCUT2D eigenvalue weighted by atomic mass is 16.5. The van der Waals surface area contributed by atoms with Crippen LogP contribution in [-0.2, 0) is 4.74 Å². The second-order valence-electron chi connectivity index (χ2n) is 5.38. The Kier molecular flexibility index (Phi) is 3.40. The van der Waals surface area contributed by atoms with Crippen LogP contribution in [0.3, 0.4) is 0 Å². The summed E-state index contributed by atoms with van der Waals surface area (Å²) >= 11 is 0. The molecule has 2 unspecified atom stereocenters. The standard InChI is InChI=1S/C14H21NO2/c1-14(2,3)17-12-9-16-11-8-6-5-7-10(11)13(12)15-4/h5-8,12-13,15H,9H2,1-4H3. The maximum Gasteiger partial charge on any atom is 0.124 e. The Hall–Kier alpha value is -1.06. The summed E-state index contributed by atoms with van der Waals surface area (Å²) in [6.07, 6.45) is 0.0508. The first-order valence-corrected chi connectivity index (χ1v) is 6.08. The van der Waals surface area contributed by atoms with Gasteiger partial charge in [0.05, 0.1) is 11.6 Å².